The molecule has 0 saturated carbocycles. The van der Waals surface area contributed by atoms with Gasteiger partial charge < -0.3 is 14.8 Å². The first-order valence-electron chi connectivity index (χ1n) is 10.8. The van der Waals surface area contributed by atoms with E-state index in [2.05, 4.69) is 10.4 Å². The average molecular weight is 439 g/mol. The van der Waals surface area contributed by atoms with Gasteiger partial charge in [-0.3, -0.25) is 4.79 Å². The molecule has 3 rings (SSSR count). The molecule has 0 radical (unpaired) electrons. The van der Waals surface area contributed by atoms with Gasteiger partial charge in [-0.05, 0) is 51.8 Å². The summed E-state index contributed by atoms with van der Waals surface area (Å²) in [7, 11) is 0. The maximum absolute atomic E-state index is 13.1. The zero-order chi connectivity index (χ0) is 23.4. The van der Waals surface area contributed by atoms with Crippen LogP contribution in [0.2, 0.25) is 0 Å². The van der Waals surface area contributed by atoms with E-state index in [1.54, 1.807) is 35.1 Å². The molecule has 1 unspecified atom stereocenters. The third-order valence-electron chi connectivity index (χ3n) is 4.98. The van der Waals surface area contributed by atoms with E-state index < -0.39 is 18.0 Å². The number of nitrogens with one attached hydrogen (secondary N) is 1. The van der Waals surface area contributed by atoms with Crippen molar-refractivity contribution in [2.75, 3.05) is 11.9 Å². The molecule has 1 atom stereocenters. The molecule has 0 fully saturated rings. The monoisotopic (exact) mass is 438 g/mol. The number of benzene rings is 1. The minimum Gasteiger partial charge on any atom is -0.492 e. The quantitative estimate of drug-likeness (QED) is 0.512. The Morgan fingerprint density at radius 2 is 1.84 bits per heavy atom. The second-order valence-corrected chi connectivity index (χ2v) is 8.14. The van der Waals surface area contributed by atoms with Crippen molar-refractivity contribution in [2.45, 2.75) is 59.6 Å². The highest BCUT2D eigenvalue weighted by molar-refractivity contribution is 6.04. The van der Waals surface area contributed by atoms with Gasteiger partial charge in [0, 0.05) is 11.7 Å². The molecule has 0 aliphatic rings. The van der Waals surface area contributed by atoms with Crippen LogP contribution in [0.1, 0.15) is 69.6 Å². The smallest absolute Gasteiger partial charge is 0.339 e. The molecule has 0 aliphatic heterocycles. The Morgan fingerprint density at radius 1 is 1.12 bits per heavy atom. The van der Waals surface area contributed by atoms with Gasteiger partial charge in [0.05, 0.1) is 29.4 Å². The first-order valence-corrected chi connectivity index (χ1v) is 10.8. The number of carbonyl (C=O) groups excluding carboxylic acids is 2. The number of hydrogen-bond donors (Lipinski definition) is 1. The molecule has 2 aromatic heterocycles. The summed E-state index contributed by atoms with van der Waals surface area (Å²) in [6.45, 7) is 11.9. The van der Waals surface area contributed by atoms with Gasteiger partial charge in [0.25, 0.3) is 5.91 Å². The van der Waals surface area contributed by atoms with E-state index in [9.17, 15) is 9.59 Å². The standard InChI is InChI=1S/C24H30N4O4/c1-7-31-21-11-9-8-10-19(21)27-23(29)16(6)32-24(30)17-12-20(14(2)3)26-22-18(17)13-25-28(22)15(4)5/h8-16H,7H2,1-6H3,(H,27,29). The fraction of sp³-hybridized carbons (Fsp3) is 0.417. The maximum atomic E-state index is 13.1. The first-order chi connectivity index (χ1) is 15.2. The van der Waals surface area contributed by atoms with Gasteiger partial charge in [0.1, 0.15) is 5.75 Å². The number of anilines is 1. The fourth-order valence-corrected chi connectivity index (χ4v) is 3.24. The van der Waals surface area contributed by atoms with Gasteiger partial charge in [0.15, 0.2) is 11.8 Å². The van der Waals surface area contributed by atoms with Gasteiger partial charge in [0.2, 0.25) is 0 Å². The Bertz CT molecular complexity index is 1120. The summed E-state index contributed by atoms with van der Waals surface area (Å²) in [4.78, 5) is 30.4. The van der Waals surface area contributed by atoms with Crippen LogP contribution >= 0.6 is 0 Å². The Kier molecular flexibility index (Phi) is 7.12. The number of amides is 1. The Labute approximate surface area is 187 Å². The topological polar surface area (TPSA) is 95.3 Å². The van der Waals surface area contributed by atoms with Crippen molar-refractivity contribution in [1.29, 1.82) is 0 Å². The number of nitrogens with zero attached hydrogens (tertiary/aromatic N) is 3. The van der Waals surface area contributed by atoms with E-state index in [0.29, 0.717) is 34.6 Å². The van der Waals surface area contributed by atoms with Gasteiger partial charge in [-0.25, -0.2) is 14.5 Å². The lowest BCUT2D eigenvalue weighted by Gasteiger charge is -2.16. The molecule has 1 amide bonds. The number of pyridine rings is 1. The van der Waals surface area contributed by atoms with Crippen molar-refractivity contribution < 1.29 is 19.1 Å². The van der Waals surface area contributed by atoms with E-state index in [1.165, 1.54) is 6.92 Å². The number of rotatable bonds is 8. The summed E-state index contributed by atoms with van der Waals surface area (Å²) >= 11 is 0. The molecule has 32 heavy (non-hydrogen) atoms. The molecule has 1 aromatic carbocycles. The summed E-state index contributed by atoms with van der Waals surface area (Å²) in [5.41, 5.74) is 2.25. The van der Waals surface area contributed by atoms with E-state index in [4.69, 9.17) is 14.5 Å². The first kappa shape index (κ1) is 23.2. The van der Waals surface area contributed by atoms with Gasteiger partial charge in [-0.15, -0.1) is 0 Å². The Morgan fingerprint density at radius 3 is 2.50 bits per heavy atom. The number of hydrogen-bond acceptors (Lipinski definition) is 6. The summed E-state index contributed by atoms with van der Waals surface area (Å²) in [6.07, 6.45) is 0.606. The van der Waals surface area contributed by atoms with E-state index in [0.717, 1.165) is 5.69 Å². The Balaban J connectivity index is 1.84. The lowest BCUT2D eigenvalue weighted by atomic mass is 10.1. The number of para-hydroxylation sites is 2. The van der Waals surface area contributed by atoms with Crippen molar-refractivity contribution in [1.82, 2.24) is 14.8 Å². The molecule has 8 heteroatoms. The second kappa shape index (κ2) is 9.80. The predicted molar refractivity (Wildman–Crippen MR) is 123 cm³/mol. The molecule has 2 heterocycles. The molecular weight excluding hydrogens is 408 g/mol. The van der Waals surface area contributed by atoms with Crippen molar-refractivity contribution in [3.63, 3.8) is 0 Å². The normalized spacial score (nSPS) is 12.2. The molecule has 1 N–H and O–H groups in total. The number of carbonyl (C=O) groups is 2. The van der Waals surface area contributed by atoms with Gasteiger partial charge >= 0.3 is 5.97 Å². The van der Waals surface area contributed by atoms with Crippen molar-refractivity contribution >= 4 is 28.6 Å². The fourth-order valence-electron chi connectivity index (χ4n) is 3.24. The number of ether oxygens (including phenoxy) is 2. The summed E-state index contributed by atoms with van der Waals surface area (Å²) in [5.74, 6) is -0.376. The molecule has 170 valence electrons. The van der Waals surface area contributed by atoms with Crippen LogP contribution in [0.15, 0.2) is 36.5 Å². The molecule has 0 bridgehead atoms. The van der Waals surface area contributed by atoms with E-state index in [-0.39, 0.29) is 12.0 Å². The van der Waals surface area contributed by atoms with Crippen LogP contribution in [-0.4, -0.2) is 39.4 Å². The molecule has 0 aliphatic carbocycles. The highest BCUT2D eigenvalue weighted by atomic mass is 16.5. The highest BCUT2D eigenvalue weighted by Crippen LogP contribution is 2.26. The summed E-state index contributed by atoms with van der Waals surface area (Å²) in [5, 5.41) is 7.76. The third-order valence-corrected chi connectivity index (χ3v) is 4.98. The largest absolute Gasteiger partial charge is 0.492 e. The van der Waals surface area contributed by atoms with Gasteiger partial charge in [-0.1, -0.05) is 26.0 Å². The van der Waals surface area contributed by atoms with Crippen LogP contribution in [-0.2, 0) is 9.53 Å². The van der Waals surface area contributed by atoms with Crippen LogP contribution in [0, 0.1) is 0 Å². The minimum absolute atomic E-state index is 0.0846. The van der Waals surface area contributed by atoms with Crippen LogP contribution in [0.4, 0.5) is 5.69 Å². The van der Waals surface area contributed by atoms with E-state index >= 15 is 0 Å². The molecule has 8 nitrogen and oxygen atoms in total. The molecular formula is C24H30N4O4. The maximum Gasteiger partial charge on any atom is 0.339 e. The number of esters is 1. The van der Waals surface area contributed by atoms with Crippen molar-refractivity contribution in [3.8, 4) is 5.75 Å². The number of aromatic nitrogens is 3. The molecule has 0 saturated heterocycles. The lowest BCUT2D eigenvalue weighted by Crippen LogP contribution is -2.30. The number of fused-ring (bicyclic) bond motifs is 1. The van der Waals surface area contributed by atoms with Gasteiger partial charge in [-0.2, -0.15) is 5.10 Å². The van der Waals surface area contributed by atoms with Crippen LogP contribution in [0.3, 0.4) is 0 Å². The van der Waals surface area contributed by atoms with Crippen LogP contribution in [0.5, 0.6) is 5.75 Å². The Hall–Kier alpha value is -3.42. The highest BCUT2D eigenvalue weighted by Gasteiger charge is 2.24. The average Bonchev–Trinajstić information content (AvgIpc) is 3.18. The minimum atomic E-state index is -1.01. The molecule has 0 spiro atoms. The summed E-state index contributed by atoms with van der Waals surface area (Å²) in [6, 6.07) is 8.92. The van der Waals surface area contributed by atoms with Crippen molar-refractivity contribution in [3.05, 3.63) is 47.8 Å². The van der Waals surface area contributed by atoms with E-state index in [1.807, 2.05) is 40.7 Å². The zero-order valence-corrected chi connectivity index (χ0v) is 19.4. The predicted octanol–water partition coefficient (Wildman–Crippen LogP) is 4.72. The van der Waals surface area contributed by atoms with Crippen molar-refractivity contribution in [2.24, 2.45) is 0 Å². The lowest BCUT2D eigenvalue weighted by molar-refractivity contribution is -0.123. The molecule has 3 aromatic rings. The summed E-state index contributed by atoms with van der Waals surface area (Å²) < 4.78 is 12.8. The third kappa shape index (κ3) is 4.90. The SMILES string of the molecule is CCOc1ccccc1NC(=O)C(C)OC(=O)c1cc(C(C)C)nc2c1cnn2C(C)C. The van der Waals surface area contributed by atoms with Crippen LogP contribution in [0.25, 0.3) is 11.0 Å². The second-order valence-electron chi connectivity index (χ2n) is 8.14. The zero-order valence-electron chi connectivity index (χ0n) is 19.4. The van der Waals surface area contributed by atoms with Crippen LogP contribution < -0.4 is 10.1 Å².